The van der Waals surface area contributed by atoms with E-state index in [2.05, 4.69) is 0 Å². The van der Waals surface area contributed by atoms with Crippen LogP contribution in [0.25, 0.3) is 0 Å². The predicted molar refractivity (Wildman–Crippen MR) is 38.6 cm³/mol. The molecule has 2 heteroatoms. The molecule has 1 aromatic carbocycles. The van der Waals surface area contributed by atoms with Crippen LogP contribution >= 0.6 is 0 Å². The van der Waals surface area contributed by atoms with Gasteiger partial charge in [-0.3, -0.25) is 0 Å². The van der Waals surface area contributed by atoms with Gasteiger partial charge in [-0.05, 0) is 24.6 Å². The van der Waals surface area contributed by atoms with Crippen LogP contribution in [0.15, 0.2) is 24.3 Å². The van der Waals surface area contributed by atoms with E-state index in [0.717, 1.165) is 5.56 Å². The van der Waals surface area contributed by atoms with Crippen molar-refractivity contribution in [3.05, 3.63) is 29.8 Å². The second-order valence-electron chi connectivity index (χ2n) is 1.84. The third kappa shape index (κ3) is 2.89. The number of phenolic OH excluding ortho intramolecular Hbond substituents is 1. The summed E-state index contributed by atoms with van der Waals surface area (Å²) in [4.78, 5) is 0. The second-order valence-corrected chi connectivity index (χ2v) is 1.84. The summed E-state index contributed by atoms with van der Waals surface area (Å²) in [5, 5.41) is 8.81. The first kappa shape index (κ1) is 9.02. The summed E-state index contributed by atoms with van der Waals surface area (Å²) in [5.74, 6) is 0.338. The van der Waals surface area contributed by atoms with Crippen molar-refractivity contribution < 1.29 is 5.11 Å². The summed E-state index contributed by atoms with van der Waals surface area (Å²) in [7, 11) is 0. The molecule has 0 spiro atoms. The largest absolute Gasteiger partial charge is 0.508 e. The SMILES string of the molecule is Cc1cccc(O)c1.[Na]. The Kier molecular flexibility index (Phi) is 3.95. The number of benzene rings is 1. The number of aryl methyl sites for hydroxylation is 1. The van der Waals surface area contributed by atoms with Crippen LogP contribution in [0.4, 0.5) is 0 Å². The van der Waals surface area contributed by atoms with Crippen molar-refractivity contribution >= 4 is 29.6 Å². The molecule has 1 N–H and O–H groups in total. The fraction of sp³-hybridized carbons (Fsp3) is 0.143. The molecule has 0 aromatic heterocycles. The van der Waals surface area contributed by atoms with Crippen molar-refractivity contribution in [2.24, 2.45) is 0 Å². The van der Waals surface area contributed by atoms with Gasteiger partial charge in [-0.2, -0.15) is 0 Å². The minimum absolute atomic E-state index is 0. The molecule has 9 heavy (non-hydrogen) atoms. The van der Waals surface area contributed by atoms with Crippen LogP contribution in [0.5, 0.6) is 5.75 Å². The number of hydrogen-bond donors (Lipinski definition) is 1. The van der Waals surface area contributed by atoms with Crippen molar-refractivity contribution in [3.63, 3.8) is 0 Å². The molecule has 0 saturated heterocycles. The Morgan fingerprint density at radius 3 is 2.33 bits per heavy atom. The van der Waals surface area contributed by atoms with Crippen LogP contribution in [0.3, 0.4) is 0 Å². The molecular weight excluding hydrogens is 123 g/mol. The van der Waals surface area contributed by atoms with E-state index in [-0.39, 0.29) is 29.6 Å². The minimum Gasteiger partial charge on any atom is -0.508 e. The first-order chi connectivity index (χ1) is 3.79. The Morgan fingerprint density at radius 2 is 2.00 bits per heavy atom. The number of hydrogen-bond acceptors (Lipinski definition) is 1. The van der Waals surface area contributed by atoms with Crippen molar-refractivity contribution in [3.8, 4) is 5.75 Å². The van der Waals surface area contributed by atoms with Crippen molar-refractivity contribution in [1.82, 2.24) is 0 Å². The van der Waals surface area contributed by atoms with E-state index < -0.39 is 0 Å². The van der Waals surface area contributed by atoms with Crippen LogP contribution in [-0.4, -0.2) is 34.7 Å². The number of phenols is 1. The Morgan fingerprint density at radius 1 is 1.33 bits per heavy atom. The van der Waals surface area contributed by atoms with Crippen LogP contribution in [0.2, 0.25) is 0 Å². The Balaban J connectivity index is 0.000000640. The minimum atomic E-state index is 0. The average Bonchev–Trinajstić information content (AvgIpc) is 1.64. The average molecular weight is 131 g/mol. The maximum absolute atomic E-state index is 8.81. The summed E-state index contributed by atoms with van der Waals surface area (Å²) in [6.07, 6.45) is 0. The molecule has 0 aliphatic heterocycles. The standard InChI is InChI=1S/C7H8O.Na/c1-6-3-2-4-7(8)5-6;/h2-5,8H,1H3;. The molecule has 1 aromatic rings. The van der Waals surface area contributed by atoms with Crippen molar-refractivity contribution in [1.29, 1.82) is 0 Å². The van der Waals surface area contributed by atoms with Gasteiger partial charge in [-0.1, -0.05) is 12.1 Å². The molecule has 0 saturated carbocycles. The molecule has 0 heterocycles. The monoisotopic (exact) mass is 131 g/mol. The predicted octanol–water partition coefficient (Wildman–Crippen LogP) is 1.32. The van der Waals surface area contributed by atoms with E-state index in [4.69, 9.17) is 5.11 Å². The van der Waals surface area contributed by atoms with Crippen molar-refractivity contribution in [2.45, 2.75) is 6.92 Å². The van der Waals surface area contributed by atoms with E-state index in [1.54, 1.807) is 12.1 Å². The molecule has 0 aliphatic rings. The first-order valence-electron chi connectivity index (χ1n) is 2.54. The molecular formula is C7H8NaO. The summed E-state index contributed by atoms with van der Waals surface area (Å²) in [5.41, 5.74) is 1.09. The Hall–Kier alpha value is 0.0200. The Labute approximate surface area is 77.0 Å². The van der Waals surface area contributed by atoms with Gasteiger partial charge in [0.05, 0.1) is 0 Å². The fourth-order valence-corrected chi connectivity index (χ4v) is 0.628. The van der Waals surface area contributed by atoms with Crippen LogP contribution in [0.1, 0.15) is 5.56 Å². The van der Waals surface area contributed by atoms with Gasteiger partial charge >= 0.3 is 0 Å². The van der Waals surface area contributed by atoms with Crippen LogP contribution in [0, 0.1) is 6.92 Å². The summed E-state index contributed by atoms with van der Waals surface area (Å²) < 4.78 is 0. The molecule has 0 unspecified atom stereocenters. The van der Waals surface area contributed by atoms with Gasteiger partial charge in [0, 0.05) is 29.6 Å². The van der Waals surface area contributed by atoms with Crippen molar-refractivity contribution in [2.75, 3.05) is 0 Å². The van der Waals surface area contributed by atoms with Gasteiger partial charge in [0.25, 0.3) is 0 Å². The molecule has 43 valence electrons. The zero-order chi connectivity index (χ0) is 5.98. The Bertz CT molecular complexity index is 169. The second kappa shape index (κ2) is 3.94. The fourth-order valence-electron chi connectivity index (χ4n) is 0.628. The maximum Gasteiger partial charge on any atom is 0.115 e. The molecule has 1 radical (unpaired) electrons. The molecule has 0 bridgehead atoms. The summed E-state index contributed by atoms with van der Waals surface area (Å²) in [6.45, 7) is 1.94. The third-order valence-electron chi connectivity index (χ3n) is 1.00. The quantitative estimate of drug-likeness (QED) is 0.526. The van der Waals surface area contributed by atoms with E-state index >= 15 is 0 Å². The molecule has 1 nitrogen and oxygen atoms in total. The smallest absolute Gasteiger partial charge is 0.115 e. The van der Waals surface area contributed by atoms with Crippen LogP contribution in [-0.2, 0) is 0 Å². The normalized spacial score (nSPS) is 8.11. The van der Waals surface area contributed by atoms with E-state index in [1.807, 2.05) is 19.1 Å². The molecule has 1 rings (SSSR count). The topological polar surface area (TPSA) is 20.2 Å². The zero-order valence-corrected chi connectivity index (χ0v) is 7.76. The van der Waals surface area contributed by atoms with Gasteiger partial charge in [0.2, 0.25) is 0 Å². The molecule has 0 aliphatic carbocycles. The van der Waals surface area contributed by atoms with E-state index in [0.29, 0.717) is 5.75 Å². The van der Waals surface area contributed by atoms with Gasteiger partial charge in [-0.15, -0.1) is 0 Å². The van der Waals surface area contributed by atoms with Crippen LogP contribution < -0.4 is 0 Å². The van der Waals surface area contributed by atoms with Gasteiger partial charge in [0.15, 0.2) is 0 Å². The van der Waals surface area contributed by atoms with Gasteiger partial charge in [0.1, 0.15) is 5.75 Å². The van der Waals surface area contributed by atoms with Gasteiger partial charge in [-0.25, -0.2) is 0 Å². The molecule has 0 atom stereocenters. The summed E-state index contributed by atoms with van der Waals surface area (Å²) >= 11 is 0. The van der Waals surface area contributed by atoms with E-state index in [1.165, 1.54) is 0 Å². The maximum atomic E-state index is 8.81. The molecule has 0 amide bonds. The number of rotatable bonds is 0. The van der Waals surface area contributed by atoms with E-state index in [9.17, 15) is 0 Å². The third-order valence-corrected chi connectivity index (χ3v) is 1.00. The zero-order valence-electron chi connectivity index (χ0n) is 5.76. The molecule has 0 fully saturated rings. The first-order valence-corrected chi connectivity index (χ1v) is 2.54. The number of aromatic hydroxyl groups is 1. The summed E-state index contributed by atoms with van der Waals surface area (Å²) in [6, 6.07) is 7.15. The van der Waals surface area contributed by atoms with Gasteiger partial charge < -0.3 is 5.11 Å².